The molecule has 17 heavy (non-hydrogen) atoms. The van der Waals surface area contributed by atoms with E-state index in [1.54, 1.807) is 18.2 Å². The molecule has 1 rings (SSSR count). The van der Waals surface area contributed by atoms with Crippen LogP contribution in [0.3, 0.4) is 0 Å². The smallest absolute Gasteiger partial charge is 0.238 e. The molecular weight excluding hydrogens is 216 g/mol. The topological polar surface area (TPSA) is 62.1 Å². The Morgan fingerprint density at radius 1 is 1.47 bits per heavy atom. The summed E-state index contributed by atoms with van der Waals surface area (Å²) in [4.78, 5) is 11.3. The molecule has 0 unspecified atom stereocenters. The van der Waals surface area contributed by atoms with Crippen LogP contribution in [0.2, 0.25) is 0 Å². The van der Waals surface area contributed by atoms with E-state index in [0.717, 1.165) is 0 Å². The Morgan fingerprint density at radius 3 is 2.82 bits per heavy atom. The third-order valence-corrected chi connectivity index (χ3v) is 1.97. The zero-order valence-electron chi connectivity index (χ0n) is 10.1. The Morgan fingerprint density at radius 2 is 2.18 bits per heavy atom. The Hall–Kier alpha value is -2.02. The SMILES string of the molecule is CC(C)COc1ccccc1NC(=O)CC#N. The lowest BCUT2D eigenvalue weighted by atomic mass is 10.2. The van der Waals surface area contributed by atoms with Crippen LogP contribution in [0.25, 0.3) is 0 Å². The summed E-state index contributed by atoms with van der Waals surface area (Å²) in [6.07, 6.45) is -0.154. The van der Waals surface area contributed by atoms with Gasteiger partial charge in [0.05, 0.1) is 18.4 Å². The molecule has 0 aromatic heterocycles. The number of amides is 1. The van der Waals surface area contributed by atoms with Crippen LogP contribution < -0.4 is 10.1 Å². The molecule has 0 saturated heterocycles. The first kappa shape index (κ1) is 13.0. The molecule has 4 nitrogen and oxygen atoms in total. The van der Waals surface area contributed by atoms with Gasteiger partial charge in [-0.25, -0.2) is 0 Å². The maximum Gasteiger partial charge on any atom is 0.238 e. The van der Waals surface area contributed by atoms with Gasteiger partial charge in [0.1, 0.15) is 12.2 Å². The van der Waals surface area contributed by atoms with Gasteiger partial charge in [0, 0.05) is 0 Å². The molecule has 0 aliphatic heterocycles. The molecule has 1 N–H and O–H groups in total. The van der Waals surface area contributed by atoms with Crippen molar-refractivity contribution in [2.24, 2.45) is 5.92 Å². The number of ether oxygens (including phenoxy) is 1. The molecule has 1 amide bonds. The molecule has 0 atom stereocenters. The van der Waals surface area contributed by atoms with Gasteiger partial charge in [-0.2, -0.15) is 5.26 Å². The summed E-state index contributed by atoms with van der Waals surface area (Å²) < 4.78 is 5.58. The van der Waals surface area contributed by atoms with E-state index in [0.29, 0.717) is 24.0 Å². The van der Waals surface area contributed by atoms with E-state index in [1.165, 1.54) is 0 Å². The van der Waals surface area contributed by atoms with E-state index in [1.807, 2.05) is 12.1 Å². The van der Waals surface area contributed by atoms with Gasteiger partial charge in [0.25, 0.3) is 0 Å². The molecule has 1 aromatic carbocycles. The maximum absolute atomic E-state index is 11.3. The van der Waals surface area contributed by atoms with Gasteiger partial charge >= 0.3 is 0 Å². The summed E-state index contributed by atoms with van der Waals surface area (Å²) in [5.74, 6) is 0.721. The average molecular weight is 232 g/mol. The normalized spacial score (nSPS) is 9.76. The largest absolute Gasteiger partial charge is 0.491 e. The zero-order valence-corrected chi connectivity index (χ0v) is 10.1. The molecule has 0 bridgehead atoms. The number of hydrogen-bond acceptors (Lipinski definition) is 3. The van der Waals surface area contributed by atoms with Gasteiger partial charge in [-0.05, 0) is 18.1 Å². The molecule has 4 heteroatoms. The lowest BCUT2D eigenvalue weighted by molar-refractivity contribution is -0.115. The Balaban J connectivity index is 2.71. The van der Waals surface area contributed by atoms with Gasteiger partial charge in [-0.1, -0.05) is 26.0 Å². The highest BCUT2D eigenvalue weighted by Crippen LogP contribution is 2.24. The fourth-order valence-electron chi connectivity index (χ4n) is 1.22. The maximum atomic E-state index is 11.3. The Bertz CT molecular complexity index is 422. The van der Waals surface area contributed by atoms with Crippen molar-refractivity contribution in [2.45, 2.75) is 20.3 Å². The number of hydrogen-bond donors (Lipinski definition) is 1. The summed E-state index contributed by atoms with van der Waals surface area (Å²) in [6.45, 7) is 4.69. The molecule has 0 aliphatic rings. The minimum atomic E-state index is -0.326. The highest BCUT2D eigenvalue weighted by atomic mass is 16.5. The quantitative estimate of drug-likeness (QED) is 0.848. The zero-order chi connectivity index (χ0) is 12.7. The van der Waals surface area contributed by atoms with Crippen molar-refractivity contribution in [3.63, 3.8) is 0 Å². The molecular formula is C13H16N2O2. The van der Waals surface area contributed by atoms with Gasteiger partial charge in [0.15, 0.2) is 0 Å². The fraction of sp³-hybridized carbons (Fsp3) is 0.385. The molecule has 0 heterocycles. The highest BCUT2D eigenvalue weighted by molar-refractivity contribution is 5.93. The fourth-order valence-corrected chi connectivity index (χ4v) is 1.22. The Kier molecular flexibility index (Phi) is 5.02. The molecule has 0 saturated carbocycles. The van der Waals surface area contributed by atoms with Crippen molar-refractivity contribution >= 4 is 11.6 Å². The number of carbonyl (C=O) groups is 1. The van der Waals surface area contributed by atoms with E-state index in [-0.39, 0.29) is 12.3 Å². The highest BCUT2D eigenvalue weighted by Gasteiger charge is 2.07. The van der Waals surface area contributed by atoms with E-state index in [9.17, 15) is 4.79 Å². The summed E-state index contributed by atoms with van der Waals surface area (Å²) >= 11 is 0. The molecule has 0 fully saturated rings. The second-order valence-corrected chi connectivity index (χ2v) is 4.08. The van der Waals surface area contributed by atoms with E-state index >= 15 is 0 Å². The van der Waals surface area contributed by atoms with Crippen LogP contribution in [-0.4, -0.2) is 12.5 Å². The van der Waals surface area contributed by atoms with Gasteiger partial charge < -0.3 is 10.1 Å². The van der Waals surface area contributed by atoms with E-state index in [2.05, 4.69) is 19.2 Å². The van der Waals surface area contributed by atoms with Crippen LogP contribution in [0.5, 0.6) is 5.75 Å². The average Bonchev–Trinajstić information content (AvgIpc) is 2.28. The van der Waals surface area contributed by atoms with Crippen LogP contribution in [-0.2, 0) is 4.79 Å². The lowest BCUT2D eigenvalue weighted by Gasteiger charge is -2.13. The number of carbonyl (C=O) groups excluding carboxylic acids is 1. The molecule has 90 valence electrons. The second-order valence-electron chi connectivity index (χ2n) is 4.08. The van der Waals surface area contributed by atoms with Crippen LogP contribution in [0.4, 0.5) is 5.69 Å². The van der Waals surface area contributed by atoms with Crippen molar-refractivity contribution in [2.75, 3.05) is 11.9 Å². The van der Waals surface area contributed by atoms with Crippen LogP contribution >= 0.6 is 0 Å². The summed E-state index contributed by atoms with van der Waals surface area (Å²) in [5, 5.41) is 11.1. The van der Waals surface area contributed by atoms with Crippen LogP contribution in [0.15, 0.2) is 24.3 Å². The van der Waals surface area contributed by atoms with Gasteiger partial charge in [-0.3, -0.25) is 4.79 Å². The molecule has 0 spiro atoms. The van der Waals surface area contributed by atoms with Crippen molar-refractivity contribution < 1.29 is 9.53 Å². The molecule has 0 radical (unpaired) electrons. The predicted molar refractivity (Wildman–Crippen MR) is 65.6 cm³/mol. The van der Waals surface area contributed by atoms with Gasteiger partial charge in [-0.15, -0.1) is 0 Å². The standard InChI is InChI=1S/C13H16N2O2/c1-10(2)9-17-12-6-4-3-5-11(12)15-13(16)7-8-14/h3-6,10H,7,9H2,1-2H3,(H,15,16). The van der Waals surface area contributed by atoms with Crippen molar-refractivity contribution in [1.29, 1.82) is 5.26 Å². The number of nitriles is 1. The summed E-state index contributed by atoms with van der Waals surface area (Å²) in [6, 6.07) is 9.01. The van der Waals surface area contributed by atoms with Crippen molar-refractivity contribution in [3.8, 4) is 11.8 Å². The molecule has 0 aliphatic carbocycles. The number of para-hydroxylation sites is 2. The summed E-state index contributed by atoms with van der Waals surface area (Å²) in [5.41, 5.74) is 0.605. The van der Waals surface area contributed by atoms with Crippen molar-refractivity contribution in [3.05, 3.63) is 24.3 Å². The third-order valence-electron chi connectivity index (χ3n) is 1.97. The molecule has 1 aromatic rings. The van der Waals surface area contributed by atoms with Crippen molar-refractivity contribution in [1.82, 2.24) is 0 Å². The number of nitrogens with one attached hydrogen (secondary N) is 1. The summed E-state index contributed by atoms with van der Waals surface area (Å²) in [7, 11) is 0. The second kappa shape index (κ2) is 6.54. The first-order chi connectivity index (χ1) is 8.13. The lowest BCUT2D eigenvalue weighted by Crippen LogP contribution is -2.12. The third kappa shape index (κ3) is 4.56. The minimum Gasteiger partial charge on any atom is -0.491 e. The van der Waals surface area contributed by atoms with E-state index in [4.69, 9.17) is 10.00 Å². The number of rotatable bonds is 5. The monoisotopic (exact) mass is 232 g/mol. The first-order valence-electron chi connectivity index (χ1n) is 5.52. The van der Waals surface area contributed by atoms with Gasteiger partial charge in [0.2, 0.25) is 5.91 Å². The Labute approximate surface area is 101 Å². The van der Waals surface area contributed by atoms with E-state index < -0.39 is 0 Å². The predicted octanol–water partition coefficient (Wildman–Crippen LogP) is 2.57. The first-order valence-corrected chi connectivity index (χ1v) is 5.52. The van der Waals surface area contributed by atoms with Crippen LogP contribution in [0.1, 0.15) is 20.3 Å². The number of benzene rings is 1. The minimum absolute atomic E-state index is 0.154. The number of nitrogens with zero attached hydrogens (tertiary/aromatic N) is 1. The van der Waals surface area contributed by atoms with Crippen LogP contribution in [0, 0.1) is 17.2 Å². The number of anilines is 1.